The number of benzene rings is 1. The lowest BCUT2D eigenvalue weighted by Crippen LogP contribution is -2.08. The predicted octanol–water partition coefficient (Wildman–Crippen LogP) is 1.51. The normalized spacial score (nSPS) is 26.8. The molecule has 64 valence electrons. The van der Waals surface area contributed by atoms with Crippen LogP contribution in [-0.2, 0) is 5.54 Å². The lowest BCUT2D eigenvalue weighted by molar-refractivity contribution is 0.405. The van der Waals surface area contributed by atoms with E-state index in [2.05, 4.69) is 18.3 Å². The molecule has 0 amide bonds. The maximum Gasteiger partial charge on any atom is 0.123 e. The lowest BCUT2D eigenvalue weighted by Gasteiger charge is -2.11. The number of methoxy groups -OCH3 is 1. The summed E-state index contributed by atoms with van der Waals surface area (Å²) >= 11 is 0. The molecule has 1 heterocycles. The molecule has 0 aliphatic carbocycles. The van der Waals surface area contributed by atoms with E-state index in [4.69, 9.17) is 4.74 Å². The van der Waals surface area contributed by atoms with Crippen LogP contribution < -0.4 is 10.1 Å². The van der Waals surface area contributed by atoms with Crippen LogP contribution in [0.3, 0.4) is 0 Å². The van der Waals surface area contributed by atoms with Crippen molar-refractivity contribution in [2.75, 3.05) is 13.7 Å². The number of nitrogens with one attached hydrogen (secondary N) is 1. The first kappa shape index (κ1) is 7.62. The van der Waals surface area contributed by atoms with Gasteiger partial charge in [-0.1, -0.05) is 18.2 Å². The van der Waals surface area contributed by atoms with E-state index < -0.39 is 0 Å². The van der Waals surface area contributed by atoms with Crippen molar-refractivity contribution in [2.45, 2.75) is 12.5 Å². The summed E-state index contributed by atoms with van der Waals surface area (Å²) in [6.45, 7) is 3.23. The third-order valence-electron chi connectivity index (χ3n) is 2.41. The second-order valence-electron chi connectivity index (χ2n) is 3.39. The quantitative estimate of drug-likeness (QED) is 0.670. The molecule has 2 rings (SSSR count). The van der Waals surface area contributed by atoms with Gasteiger partial charge in [-0.25, -0.2) is 0 Å². The van der Waals surface area contributed by atoms with Crippen molar-refractivity contribution in [3.8, 4) is 5.75 Å². The van der Waals surface area contributed by atoms with Crippen LogP contribution in [0.25, 0.3) is 0 Å². The smallest absolute Gasteiger partial charge is 0.123 e. The minimum Gasteiger partial charge on any atom is -0.496 e. The Balaban J connectivity index is 2.42. The summed E-state index contributed by atoms with van der Waals surface area (Å²) in [5.74, 6) is 0.977. The van der Waals surface area contributed by atoms with E-state index in [1.807, 2.05) is 18.2 Å². The molecule has 1 aromatic rings. The van der Waals surface area contributed by atoms with Crippen LogP contribution >= 0.6 is 0 Å². The minimum atomic E-state index is 0.159. The Morgan fingerprint density at radius 1 is 1.42 bits per heavy atom. The van der Waals surface area contributed by atoms with Gasteiger partial charge < -0.3 is 10.1 Å². The molecule has 1 fully saturated rings. The lowest BCUT2D eigenvalue weighted by atomic mass is 10.0. The molecule has 12 heavy (non-hydrogen) atoms. The van der Waals surface area contributed by atoms with Gasteiger partial charge in [-0.15, -0.1) is 0 Å². The monoisotopic (exact) mass is 163 g/mol. The molecule has 1 aromatic carbocycles. The van der Waals surface area contributed by atoms with Crippen molar-refractivity contribution in [1.82, 2.24) is 5.32 Å². The van der Waals surface area contributed by atoms with Crippen molar-refractivity contribution in [1.29, 1.82) is 0 Å². The second kappa shape index (κ2) is 2.49. The van der Waals surface area contributed by atoms with Crippen molar-refractivity contribution < 1.29 is 4.74 Å². The number of hydrogen-bond acceptors (Lipinski definition) is 2. The van der Waals surface area contributed by atoms with E-state index in [-0.39, 0.29) is 5.54 Å². The maximum absolute atomic E-state index is 5.27. The van der Waals surface area contributed by atoms with E-state index >= 15 is 0 Å². The van der Waals surface area contributed by atoms with Crippen LogP contribution in [0, 0.1) is 0 Å². The average Bonchev–Trinajstić information content (AvgIpc) is 2.85. The molecular formula is C10H13NO. The summed E-state index contributed by atoms with van der Waals surface area (Å²) in [7, 11) is 1.71. The molecule has 0 bridgehead atoms. The minimum absolute atomic E-state index is 0.159. The average molecular weight is 163 g/mol. The van der Waals surface area contributed by atoms with Crippen LogP contribution in [0.4, 0.5) is 0 Å². The molecule has 1 unspecified atom stereocenters. The summed E-state index contributed by atoms with van der Waals surface area (Å²) in [5, 5.41) is 3.32. The summed E-state index contributed by atoms with van der Waals surface area (Å²) in [6, 6.07) is 8.15. The molecule has 0 spiro atoms. The molecule has 1 saturated heterocycles. The highest BCUT2D eigenvalue weighted by Crippen LogP contribution is 2.35. The zero-order valence-electron chi connectivity index (χ0n) is 7.42. The third kappa shape index (κ3) is 1.08. The summed E-state index contributed by atoms with van der Waals surface area (Å²) in [4.78, 5) is 0. The molecule has 1 N–H and O–H groups in total. The van der Waals surface area contributed by atoms with Crippen LogP contribution in [0.2, 0.25) is 0 Å². The highest BCUT2D eigenvalue weighted by molar-refractivity contribution is 5.42. The van der Waals surface area contributed by atoms with Gasteiger partial charge in [-0.3, -0.25) is 0 Å². The number of hydrogen-bond donors (Lipinski definition) is 1. The third-order valence-corrected chi connectivity index (χ3v) is 2.41. The molecule has 1 atom stereocenters. The maximum atomic E-state index is 5.27. The van der Waals surface area contributed by atoms with Gasteiger partial charge in [0.2, 0.25) is 0 Å². The van der Waals surface area contributed by atoms with E-state index in [0.717, 1.165) is 12.3 Å². The Labute approximate surface area is 72.5 Å². The summed E-state index contributed by atoms with van der Waals surface area (Å²) in [6.07, 6.45) is 0. The largest absolute Gasteiger partial charge is 0.496 e. The van der Waals surface area contributed by atoms with Crippen LogP contribution in [0.1, 0.15) is 12.5 Å². The Bertz CT molecular complexity index is 292. The molecule has 1 aliphatic rings. The Morgan fingerprint density at radius 2 is 2.08 bits per heavy atom. The van der Waals surface area contributed by atoms with Gasteiger partial charge in [0.1, 0.15) is 5.75 Å². The zero-order chi connectivity index (χ0) is 8.60. The van der Waals surface area contributed by atoms with Crippen molar-refractivity contribution in [2.24, 2.45) is 0 Å². The highest BCUT2D eigenvalue weighted by Gasteiger charge is 2.40. The topological polar surface area (TPSA) is 31.2 Å². The van der Waals surface area contributed by atoms with Crippen molar-refractivity contribution in [3.05, 3.63) is 29.8 Å². The molecular weight excluding hydrogens is 150 g/mol. The van der Waals surface area contributed by atoms with Crippen LogP contribution in [0.15, 0.2) is 24.3 Å². The van der Waals surface area contributed by atoms with E-state index in [1.165, 1.54) is 5.56 Å². The number of ether oxygens (including phenoxy) is 1. The van der Waals surface area contributed by atoms with E-state index in [9.17, 15) is 0 Å². The molecule has 1 aliphatic heterocycles. The molecule has 0 radical (unpaired) electrons. The molecule has 2 nitrogen and oxygen atoms in total. The fourth-order valence-corrected chi connectivity index (χ4v) is 1.42. The molecule has 0 aromatic heterocycles. The Hall–Kier alpha value is -1.02. The number of rotatable bonds is 2. The molecule has 0 saturated carbocycles. The summed E-state index contributed by atoms with van der Waals surface area (Å²) < 4.78 is 5.27. The van der Waals surface area contributed by atoms with Crippen LogP contribution in [0.5, 0.6) is 5.75 Å². The zero-order valence-corrected chi connectivity index (χ0v) is 7.42. The van der Waals surface area contributed by atoms with Gasteiger partial charge in [0.25, 0.3) is 0 Å². The van der Waals surface area contributed by atoms with Crippen molar-refractivity contribution >= 4 is 0 Å². The Kier molecular flexibility index (Phi) is 1.58. The second-order valence-corrected chi connectivity index (χ2v) is 3.39. The predicted molar refractivity (Wildman–Crippen MR) is 48.3 cm³/mol. The van der Waals surface area contributed by atoms with Gasteiger partial charge >= 0.3 is 0 Å². The SMILES string of the molecule is COc1ccccc1C1(C)CN1. The first-order chi connectivity index (χ1) is 5.76. The van der Waals surface area contributed by atoms with Crippen LogP contribution in [-0.4, -0.2) is 13.7 Å². The first-order valence-corrected chi connectivity index (χ1v) is 4.15. The van der Waals surface area contributed by atoms with Gasteiger partial charge in [-0.2, -0.15) is 0 Å². The fourth-order valence-electron chi connectivity index (χ4n) is 1.42. The molecule has 2 heteroatoms. The first-order valence-electron chi connectivity index (χ1n) is 4.15. The van der Waals surface area contributed by atoms with E-state index in [0.29, 0.717) is 0 Å². The van der Waals surface area contributed by atoms with Crippen molar-refractivity contribution in [3.63, 3.8) is 0 Å². The van der Waals surface area contributed by atoms with Gasteiger partial charge in [0.05, 0.1) is 12.6 Å². The van der Waals surface area contributed by atoms with Gasteiger partial charge in [0, 0.05) is 12.1 Å². The van der Waals surface area contributed by atoms with Gasteiger partial charge in [0.15, 0.2) is 0 Å². The highest BCUT2D eigenvalue weighted by atomic mass is 16.5. The standard InChI is InChI=1S/C10H13NO/c1-10(7-11-10)8-5-3-4-6-9(8)12-2/h3-6,11H,7H2,1-2H3. The number of para-hydroxylation sites is 1. The fraction of sp³-hybridized carbons (Fsp3) is 0.400. The summed E-state index contributed by atoms with van der Waals surface area (Å²) in [5.41, 5.74) is 1.42. The van der Waals surface area contributed by atoms with E-state index in [1.54, 1.807) is 7.11 Å². The van der Waals surface area contributed by atoms with Gasteiger partial charge in [-0.05, 0) is 13.0 Å². The Morgan fingerprint density at radius 3 is 2.67 bits per heavy atom.